The smallest absolute Gasteiger partial charge is 0.309 e. The summed E-state index contributed by atoms with van der Waals surface area (Å²) in [6.45, 7) is 3.54. The Morgan fingerprint density at radius 1 is 1.41 bits per heavy atom. The van der Waals surface area contributed by atoms with E-state index in [1.54, 1.807) is 32.0 Å². The molecule has 0 aliphatic rings. The first-order valence-electron chi connectivity index (χ1n) is 5.20. The Hall–Kier alpha value is -0.580. The Labute approximate surface area is 114 Å². The number of benzene rings is 1. The first-order chi connectivity index (χ1) is 7.84. The molecule has 0 aromatic heterocycles. The summed E-state index contributed by atoms with van der Waals surface area (Å²) in [6, 6.07) is 4.90. The average molecular weight is 322 g/mol. The lowest BCUT2D eigenvalue weighted by atomic mass is 9.86. The topological polar surface area (TPSA) is 57.5 Å². The lowest BCUT2D eigenvalue weighted by Crippen LogP contribution is -2.27. The molecule has 0 radical (unpaired) electrons. The minimum absolute atomic E-state index is 0.162. The minimum atomic E-state index is -1.06. The van der Waals surface area contributed by atoms with Crippen molar-refractivity contribution >= 4 is 33.5 Å². The molecule has 0 fully saturated rings. The zero-order valence-corrected chi connectivity index (χ0v) is 11.9. The van der Waals surface area contributed by atoms with Crippen LogP contribution in [0.15, 0.2) is 22.7 Å². The van der Waals surface area contributed by atoms with E-state index in [4.69, 9.17) is 16.7 Å². The molecule has 0 bridgehead atoms. The predicted molar refractivity (Wildman–Crippen MR) is 70.1 cm³/mol. The third-order valence-corrected chi connectivity index (χ3v) is 3.55. The quantitative estimate of drug-likeness (QED) is 0.892. The highest BCUT2D eigenvalue weighted by Gasteiger charge is 2.31. The normalized spacial score (nSPS) is 14.7. The number of hydrogen-bond donors (Lipinski definition) is 2. The molecular formula is C12H14BrClO3. The van der Waals surface area contributed by atoms with Gasteiger partial charge in [-0.05, 0) is 23.6 Å². The number of rotatable bonds is 4. The summed E-state index contributed by atoms with van der Waals surface area (Å²) in [5.41, 5.74) is 0.538. The number of aliphatic hydroxyl groups excluding tert-OH is 1. The van der Waals surface area contributed by atoms with E-state index in [9.17, 15) is 9.90 Å². The summed E-state index contributed by atoms with van der Waals surface area (Å²) >= 11 is 9.08. The summed E-state index contributed by atoms with van der Waals surface area (Å²) in [5.74, 6) is -2.01. The zero-order valence-electron chi connectivity index (χ0n) is 9.52. The van der Waals surface area contributed by atoms with Crippen molar-refractivity contribution in [1.29, 1.82) is 0 Å². The predicted octanol–water partition coefficient (Wildman–Crippen LogP) is 3.49. The molecule has 0 amide bonds. The van der Waals surface area contributed by atoms with Crippen LogP contribution in [0.2, 0.25) is 5.02 Å². The van der Waals surface area contributed by atoms with E-state index in [1.807, 2.05) is 0 Å². The molecule has 1 aromatic carbocycles. The fraction of sp³-hybridized carbons (Fsp3) is 0.417. The van der Waals surface area contributed by atoms with E-state index in [1.165, 1.54) is 0 Å². The number of carbonyl (C=O) groups is 1. The maximum absolute atomic E-state index is 11.1. The van der Waals surface area contributed by atoms with Crippen molar-refractivity contribution in [3.63, 3.8) is 0 Å². The van der Waals surface area contributed by atoms with E-state index in [0.717, 1.165) is 0 Å². The number of aliphatic carboxylic acids is 1. The molecule has 2 unspecified atom stereocenters. The van der Waals surface area contributed by atoms with E-state index in [0.29, 0.717) is 15.1 Å². The fourth-order valence-electron chi connectivity index (χ4n) is 1.72. The molecule has 0 spiro atoms. The number of hydrogen-bond acceptors (Lipinski definition) is 2. The Kier molecular flexibility index (Phi) is 4.98. The van der Waals surface area contributed by atoms with Crippen molar-refractivity contribution < 1.29 is 15.0 Å². The van der Waals surface area contributed by atoms with Gasteiger partial charge in [0.15, 0.2) is 0 Å². The van der Waals surface area contributed by atoms with Crippen molar-refractivity contribution in [1.82, 2.24) is 0 Å². The van der Waals surface area contributed by atoms with Gasteiger partial charge in [0.1, 0.15) is 0 Å². The molecule has 0 saturated heterocycles. The Morgan fingerprint density at radius 3 is 2.41 bits per heavy atom. The van der Waals surface area contributed by atoms with Gasteiger partial charge in [0.2, 0.25) is 0 Å². The second kappa shape index (κ2) is 5.85. The lowest BCUT2D eigenvalue weighted by Gasteiger charge is -2.23. The molecule has 0 aliphatic heterocycles. The van der Waals surface area contributed by atoms with Gasteiger partial charge in [-0.25, -0.2) is 0 Å². The van der Waals surface area contributed by atoms with Crippen LogP contribution in [0.3, 0.4) is 0 Å². The van der Waals surface area contributed by atoms with E-state index in [2.05, 4.69) is 15.9 Å². The minimum Gasteiger partial charge on any atom is -0.481 e. The standard InChI is InChI=1S/C12H14BrClO3/c1-6(2)10(12(16)17)11(15)8-4-3-7(14)5-9(8)13/h3-6,10-11,15H,1-2H3,(H,16,17). The highest BCUT2D eigenvalue weighted by atomic mass is 79.9. The summed E-state index contributed by atoms with van der Waals surface area (Å²) in [5, 5.41) is 19.8. The number of aliphatic hydroxyl groups is 1. The summed E-state index contributed by atoms with van der Waals surface area (Å²) in [6.07, 6.45) is -1.06. The number of halogens is 2. The molecule has 0 heterocycles. The summed E-state index contributed by atoms with van der Waals surface area (Å²) < 4.78 is 0.615. The van der Waals surface area contributed by atoms with Gasteiger partial charge in [-0.3, -0.25) is 4.79 Å². The van der Waals surface area contributed by atoms with Gasteiger partial charge >= 0.3 is 5.97 Å². The molecule has 3 nitrogen and oxygen atoms in total. The Bertz CT molecular complexity index is 420. The molecule has 94 valence electrons. The van der Waals surface area contributed by atoms with Crippen LogP contribution in [0.25, 0.3) is 0 Å². The van der Waals surface area contributed by atoms with E-state index < -0.39 is 18.0 Å². The SMILES string of the molecule is CC(C)C(C(=O)O)C(O)c1ccc(Cl)cc1Br. The molecule has 17 heavy (non-hydrogen) atoms. The van der Waals surface area contributed by atoms with Gasteiger partial charge in [0.05, 0.1) is 12.0 Å². The van der Waals surface area contributed by atoms with Crippen LogP contribution in [0.4, 0.5) is 0 Å². The van der Waals surface area contributed by atoms with Crippen LogP contribution in [0.5, 0.6) is 0 Å². The largest absolute Gasteiger partial charge is 0.481 e. The molecule has 0 saturated carbocycles. The van der Waals surface area contributed by atoms with Gasteiger partial charge in [-0.2, -0.15) is 0 Å². The molecule has 1 aromatic rings. The van der Waals surface area contributed by atoms with E-state index >= 15 is 0 Å². The van der Waals surface area contributed by atoms with Crippen LogP contribution in [0.1, 0.15) is 25.5 Å². The van der Waals surface area contributed by atoms with Crippen molar-refractivity contribution in [2.24, 2.45) is 11.8 Å². The average Bonchev–Trinajstić information content (AvgIpc) is 2.15. The molecule has 1 rings (SSSR count). The van der Waals surface area contributed by atoms with Gasteiger partial charge in [-0.15, -0.1) is 0 Å². The zero-order chi connectivity index (χ0) is 13.2. The Morgan fingerprint density at radius 2 is 2.00 bits per heavy atom. The Balaban J connectivity index is 3.09. The maximum Gasteiger partial charge on any atom is 0.309 e. The summed E-state index contributed by atoms with van der Waals surface area (Å²) in [7, 11) is 0. The van der Waals surface area contributed by atoms with Crippen molar-refractivity contribution in [3.05, 3.63) is 33.3 Å². The highest BCUT2D eigenvalue weighted by Crippen LogP contribution is 2.34. The van der Waals surface area contributed by atoms with Crippen LogP contribution < -0.4 is 0 Å². The van der Waals surface area contributed by atoms with Crippen LogP contribution in [-0.2, 0) is 4.79 Å². The second-order valence-corrected chi connectivity index (χ2v) is 5.51. The fourth-order valence-corrected chi connectivity index (χ4v) is 2.64. The van der Waals surface area contributed by atoms with E-state index in [-0.39, 0.29) is 5.92 Å². The van der Waals surface area contributed by atoms with Crippen molar-refractivity contribution in [2.75, 3.05) is 0 Å². The summed E-state index contributed by atoms with van der Waals surface area (Å²) in [4.78, 5) is 11.1. The maximum atomic E-state index is 11.1. The van der Waals surface area contributed by atoms with Gasteiger partial charge < -0.3 is 10.2 Å². The van der Waals surface area contributed by atoms with Gasteiger partial charge in [-0.1, -0.05) is 47.4 Å². The number of carboxylic acid groups (broad SMARTS) is 1. The van der Waals surface area contributed by atoms with Crippen LogP contribution in [-0.4, -0.2) is 16.2 Å². The second-order valence-electron chi connectivity index (χ2n) is 4.22. The van der Waals surface area contributed by atoms with Crippen molar-refractivity contribution in [3.8, 4) is 0 Å². The lowest BCUT2D eigenvalue weighted by molar-refractivity contribution is -0.148. The molecule has 0 aliphatic carbocycles. The first kappa shape index (κ1) is 14.5. The molecule has 2 atom stereocenters. The monoisotopic (exact) mass is 320 g/mol. The van der Waals surface area contributed by atoms with Crippen molar-refractivity contribution in [2.45, 2.75) is 20.0 Å². The first-order valence-corrected chi connectivity index (χ1v) is 6.37. The molecule has 5 heteroatoms. The third kappa shape index (κ3) is 3.44. The highest BCUT2D eigenvalue weighted by molar-refractivity contribution is 9.10. The van der Waals surface area contributed by atoms with Crippen LogP contribution >= 0.6 is 27.5 Å². The molecule has 2 N–H and O–H groups in total. The van der Waals surface area contributed by atoms with Gasteiger partial charge in [0, 0.05) is 9.50 Å². The molecular weight excluding hydrogens is 307 g/mol. The number of carboxylic acids is 1. The third-order valence-electron chi connectivity index (χ3n) is 2.62. The van der Waals surface area contributed by atoms with Crippen LogP contribution in [0, 0.1) is 11.8 Å². The van der Waals surface area contributed by atoms with Gasteiger partial charge in [0.25, 0.3) is 0 Å².